The van der Waals surface area contributed by atoms with Crippen LogP contribution >= 0.6 is 11.6 Å². The molecule has 13 heteroatoms. The maximum Gasteiger partial charge on any atom is 0.390 e. The molecule has 2 aromatic rings. The number of amidine groups is 1. The Labute approximate surface area is 242 Å². The summed E-state index contributed by atoms with van der Waals surface area (Å²) in [4.78, 5) is 13.5. The van der Waals surface area contributed by atoms with Crippen LogP contribution in [0.15, 0.2) is 53.7 Å². The molecule has 0 radical (unpaired) electrons. The molecule has 6 N–H and O–H groups in total. The van der Waals surface area contributed by atoms with E-state index in [-0.39, 0.29) is 24.4 Å². The third-order valence-electron chi connectivity index (χ3n) is 5.85. The summed E-state index contributed by atoms with van der Waals surface area (Å²) in [5.74, 6) is -0.903. The number of amides is 2. The van der Waals surface area contributed by atoms with Crippen molar-refractivity contribution < 1.29 is 27.5 Å². The molecule has 0 saturated carbocycles. The molecule has 3 rings (SSSR count). The lowest BCUT2D eigenvalue weighted by Gasteiger charge is -2.26. The molecule has 1 heterocycles. The lowest BCUT2D eigenvalue weighted by Crippen LogP contribution is -2.45. The van der Waals surface area contributed by atoms with E-state index < -0.39 is 36.8 Å². The van der Waals surface area contributed by atoms with Gasteiger partial charge in [-0.3, -0.25) is 10.3 Å². The molecule has 0 aromatic heterocycles. The van der Waals surface area contributed by atoms with Gasteiger partial charge in [-0.25, -0.2) is 9.18 Å². The largest absolute Gasteiger partial charge is 0.508 e. The smallest absolute Gasteiger partial charge is 0.390 e. The average Bonchev–Trinajstić information content (AvgIpc) is 2.95. The number of benzene rings is 2. The number of hydrogen-bond acceptors (Lipinski definition) is 6. The molecule has 0 atom stereocenters. The summed E-state index contributed by atoms with van der Waals surface area (Å²) in [5.41, 5.74) is 2.35. The van der Waals surface area contributed by atoms with E-state index in [1.807, 2.05) is 13.8 Å². The minimum atomic E-state index is -4.50. The zero-order valence-electron chi connectivity index (χ0n) is 23.1. The van der Waals surface area contributed by atoms with Crippen LogP contribution in [0.4, 0.5) is 22.4 Å². The van der Waals surface area contributed by atoms with Gasteiger partial charge < -0.3 is 26.5 Å². The number of alkyl halides is 3. The van der Waals surface area contributed by atoms with E-state index in [4.69, 9.17) is 22.4 Å². The minimum Gasteiger partial charge on any atom is -0.508 e. The molecule has 0 bridgehead atoms. The molecule has 41 heavy (non-hydrogen) atoms. The van der Waals surface area contributed by atoms with Crippen molar-refractivity contribution in [2.75, 3.05) is 26.2 Å². The van der Waals surface area contributed by atoms with E-state index in [9.17, 15) is 27.5 Å². The van der Waals surface area contributed by atoms with Crippen LogP contribution in [0.1, 0.15) is 44.2 Å². The number of carbonyl (C=O) groups is 1. The summed E-state index contributed by atoms with van der Waals surface area (Å²) in [7, 11) is 0. The van der Waals surface area contributed by atoms with Crippen LogP contribution in [0.2, 0.25) is 5.02 Å². The van der Waals surface area contributed by atoms with Gasteiger partial charge in [-0.15, -0.1) is 0 Å². The van der Waals surface area contributed by atoms with Gasteiger partial charge in [0.05, 0.1) is 6.42 Å². The molecule has 8 nitrogen and oxygen atoms in total. The highest BCUT2D eigenvalue weighted by Crippen LogP contribution is 2.22. The van der Waals surface area contributed by atoms with Crippen molar-refractivity contribution in [3.05, 3.63) is 75.7 Å². The van der Waals surface area contributed by atoms with Crippen molar-refractivity contribution in [1.29, 1.82) is 10.8 Å². The fourth-order valence-corrected chi connectivity index (χ4v) is 4.06. The van der Waals surface area contributed by atoms with Gasteiger partial charge in [-0.1, -0.05) is 31.5 Å². The Balaban J connectivity index is 0.00000201. The number of halogens is 5. The number of aromatic hydroxyl groups is 1. The number of phenolic OH excluding ortho intramolecular Hbond substituents is 1. The molecule has 0 fully saturated rings. The van der Waals surface area contributed by atoms with Gasteiger partial charge in [-0.2, -0.15) is 13.2 Å². The molecule has 2 amide bonds. The highest BCUT2D eigenvalue weighted by molar-refractivity contribution is 6.31. The minimum absolute atomic E-state index is 0.0697. The summed E-state index contributed by atoms with van der Waals surface area (Å²) in [6.07, 6.45) is -4.69. The van der Waals surface area contributed by atoms with Crippen LogP contribution in [-0.4, -0.2) is 60.9 Å². The Hall–Kier alpha value is -3.64. The second kappa shape index (κ2) is 17.9. The Morgan fingerprint density at radius 2 is 1.83 bits per heavy atom. The Bertz CT molecular complexity index is 1140. The lowest BCUT2D eigenvalue weighted by molar-refractivity contribution is -0.135. The van der Waals surface area contributed by atoms with Crippen LogP contribution in [0, 0.1) is 16.6 Å². The van der Waals surface area contributed by atoms with Gasteiger partial charge in [0.2, 0.25) is 0 Å². The normalized spacial score (nSPS) is 12.8. The zero-order chi connectivity index (χ0) is 31.0. The van der Waals surface area contributed by atoms with Crippen LogP contribution in [0.5, 0.6) is 5.75 Å². The molecule has 2 aromatic carbocycles. The fraction of sp³-hybridized carbons (Fsp3) is 0.393. The SMILES string of the molecule is C=N.CC.N=C(c1ccc(O)cc1)N(CCC(F)(F)F)C(=O)NCCC1=C(NCc2c(F)cccc2Cl)CNCC1. The summed E-state index contributed by atoms with van der Waals surface area (Å²) >= 11 is 6.10. The topological polar surface area (TPSA) is 124 Å². The second-order valence-electron chi connectivity index (χ2n) is 8.46. The fourth-order valence-electron chi connectivity index (χ4n) is 3.83. The molecule has 0 aliphatic carbocycles. The maximum absolute atomic E-state index is 14.1. The summed E-state index contributed by atoms with van der Waals surface area (Å²) in [6, 6.07) is 8.90. The first-order chi connectivity index (χ1) is 19.5. The van der Waals surface area contributed by atoms with Gasteiger partial charge in [-0.05, 0) is 68.1 Å². The molecule has 1 aliphatic rings. The molecular weight excluding hydrogens is 564 g/mol. The Morgan fingerprint density at radius 1 is 1.17 bits per heavy atom. The number of nitrogens with one attached hydrogen (secondary N) is 5. The predicted molar refractivity (Wildman–Crippen MR) is 154 cm³/mol. The highest BCUT2D eigenvalue weighted by atomic mass is 35.5. The van der Waals surface area contributed by atoms with E-state index >= 15 is 0 Å². The van der Waals surface area contributed by atoms with E-state index in [2.05, 4.69) is 22.7 Å². The van der Waals surface area contributed by atoms with E-state index in [0.717, 1.165) is 16.2 Å². The number of hydrogen-bond donors (Lipinski definition) is 6. The third-order valence-corrected chi connectivity index (χ3v) is 6.20. The first-order valence-electron chi connectivity index (χ1n) is 13.0. The summed E-state index contributed by atoms with van der Waals surface area (Å²) in [5, 5.41) is 32.5. The highest BCUT2D eigenvalue weighted by Gasteiger charge is 2.30. The zero-order valence-corrected chi connectivity index (χ0v) is 23.9. The van der Waals surface area contributed by atoms with Crippen LogP contribution in [-0.2, 0) is 6.54 Å². The first-order valence-corrected chi connectivity index (χ1v) is 13.4. The number of carbonyl (C=O) groups excluding carboxylic acids is 1. The van der Waals surface area contributed by atoms with Gasteiger partial charge in [0.15, 0.2) is 0 Å². The summed E-state index contributed by atoms with van der Waals surface area (Å²) < 4.78 is 52.7. The Kier molecular flexibility index (Phi) is 15.5. The number of nitrogens with zero attached hydrogens (tertiary/aromatic N) is 1. The Morgan fingerprint density at radius 3 is 2.44 bits per heavy atom. The predicted octanol–water partition coefficient (Wildman–Crippen LogP) is 6.19. The maximum atomic E-state index is 14.1. The van der Waals surface area contributed by atoms with E-state index in [0.29, 0.717) is 36.5 Å². The number of rotatable bonds is 9. The van der Waals surface area contributed by atoms with Crippen molar-refractivity contribution in [2.45, 2.75) is 45.8 Å². The van der Waals surface area contributed by atoms with Crippen LogP contribution in [0.25, 0.3) is 0 Å². The third kappa shape index (κ3) is 11.8. The van der Waals surface area contributed by atoms with E-state index in [1.165, 1.54) is 36.4 Å². The van der Waals surface area contributed by atoms with E-state index in [1.54, 1.807) is 6.07 Å². The van der Waals surface area contributed by atoms with Crippen LogP contribution < -0.4 is 16.0 Å². The van der Waals surface area contributed by atoms with Crippen molar-refractivity contribution in [1.82, 2.24) is 20.9 Å². The van der Waals surface area contributed by atoms with Crippen molar-refractivity contribution in [3.63, 3.8) is 0 Å². The van der Waals surface area contributed by atoms with Gasteiger partial charge in [0, 0.05) is 48.0 Å². The molecule has 0 spiro atoms. The number of phenols is 1. The van der Waals surface area contributed by atoms with Crippen molar-refractivity contribution >= 4 is 30.2 Å². The average molecular weight is 601 g/mol. The van der Waals surface area contributed by atoms with Gasteiger partial charge in [0.1, 0.15) is 17.4 Å². The molecule has 0 unspecified atom stereocenters. The summed E-state index contributed by atoms with van der Waals surface area (Å²) in [6.45, 7) is 7.30. The van der Waals surface area contributed by atoms with Crippen molar-refractivity contribution in [3.8, 4) is 5.75 Å². The molecular formula is C28H37ClF4N6O2. The lowest BCUT2D eigenvalue weighted by atomic mass is 10.0. The van der Waals surface area contributed by atoms with Crippen molar-refractivity contribution in [2.24, 2.45) is 0 Å². The molecule has 0 saturated heterocycles. The molecule has 1 aliphatic heterocycles. The first kappa shape index (κ1) is 35.4. The number of urea groups is 1. The van der Waals surface area contributed by atoms with Gasteiger partial charge in [0.25, 0.3) is 0 Å². The standard InChI is InChI=1S/C25H28ClF4N5O2.C2H6.CH3N/c26-20-2-1-3-21(27)19(20)14-34-22-15-32-11-8-16(22)9-12-33-24(37)35(13-10-25(28,29)30)23(31)17-4-6-18(36)7-5-17;2*1-2/h1-7,31-32,34,36H,8-15H2,(H,33,37);1-2H3;2H,1H2. The van der Waals surface area contributed by atoms with Crippen LogP contribution in [0.3, 0.4) is 0 Å². The van der Waals surface area contributed by atoms with Gasteiger partial charge >= 0.3 is 12.2 Å². The second-order valence-corrected chi connectivity index (χ2v) is 8.86. The molecule has 226 valence electrons. The quantitative estimate of drug-likeness (QED) is 0.117. The monoisotopic (exact) mass is 600 g/mol.